The van der Waals surface area contributed by atoms with E-state index in [2.05, 4.69) is 4.98 Å². The van der Waals surface area contributed by atoms with Crippen LogP contribution in [-0.4, -0.2) is 59.7 Å². The lowest BCUT2D eigenvalue weighted by Crippen LogP contribution is -2.40. The number of amides is 1. The molecule has 0 bridgehead atoms. The highest BCUT2D eigenvalue weighted by Crippen LogP contribution is 2.30. The molecule has 2 aromatic heterocycles. The molecular weight excluding hydrogens is 444 g/mol. The molecule has 2 saturated heterocycles. The molecule has 7 nitrogen and oxygen atoms in total. The number of sulfonamides is 1. The third kappa shape index (κ3) is 4.33. The number of nitrogens with zero attached hydrogens (tertiary/aromatic N) is 3. The highest BCUT2D eigenvalue weighted by molar-refractivity contribution is 7.91. The normalized spacial score (nSPS) is 20.6. The number of hydrogen-bond acceptors (Lipinski definition) is 5. The first-order chi connectivity index (χ1) is 15.5. The van der Waals surface area contributed by atoms with Crippen molar-refractivity contribution >= 4 is 38.3 Å². The van der Waals surface area contributed by atoms with Crippen LogP contribution in [-0.2, 0) is 21.2 Å². The maximum Gasteiger partial charge on any atom is 0.252 e. The summed E-state index contributed by atoms with van der Waals surface area (Å²) in [6.45, 7) is 2.56. The molecule has 170 valence electrons. The van der Waals surface area contributed by atoms with Crippen molar-refractivity contribution in [3.05, 3.63) is 47.1 Å². The fourth-order valence-electron chi connectivity index (χ4n) is 4.68. The molecule has 0 aliphatic carbocycles. The standard InChI is InChI=1S/C23H28N4O3S2/c28-21(15-18-10-11-22(31-18)32(29,30)27-13-4-1-5-14-27)26-12-6-7-17(16-26)23-24-19-8-2-3-9-20(19)25-23/h2-3,8-11,17H,1,4-7,12-16H2,(H,24,25). The highest BCUT2D eigenvalue weighted by Gasteiger charge is 2.29. The van der Waals surface area contributed by atoms with Gasteiger partial charge in [0.1, 0.15) is 10.0 Å². The summed E-state index contributed by atoms with van der Waals surface area (Å²) >= 11 is 1.23. The van der Waals surface area contributed by atoms with Gasteiger partial charge in [-0.05, 0) is 49.9 Å². The Balaban J connectivity index is 1.25. The summed E-state index contributed by atoms with van der Waals surface area (Å²) in [5.41, 5.74) is 1.97. The van der Waals surface area contributed by atoms with Crippen LogP contribution >= 0.6 is 11.3 Å². The summed E-state index contributed by atoms with van der Waals surface area (Å²) in [6, 6.07) is 11.4. The molecule has 2 aliphatic rings. The SMILES string of the molecule is O=C(Cc1ccc(S(=O)(=O)N2CCCCC2)s1)N1CCCC(c2nc3ccccc3[nH]2)C1. The van der Waals surface area contributed by atoms with Gasteiger partial charge in [0.25, 0.3) is 10.0 Å². The second kappa shape index (κ2) is 8.96. The lowest BCUT2D eigenvalue weighted by Gasteiger charge is -2.31. The van der Waals surface area contributed by atoms with E-state index in [0.717, 1.165) is 60.4 Å². The van der Waals surface area contributed by atoms with Crippen molar-refractivity contribution in [2.24, 2.45) is 0 Å². The Bertz CT molecular complexity index is 1180. The largest absolute Gasteiger partial charge is 0.342 e. The van der Waals surface area contributed by atoms with Crippen LogP contribution in [0.5, 0.6) is 0 Å². The van der Waals surface area contributed by atoms with E-state index in [4.69, 9.17) is 4.98 Å². The zero-order valence-corrected chi connectivity index (χ0v) is 19.6. The van der Waals surface area contributed by atoms with Gasteiger partial charge in [0.05, 0.1) is 17.5 Å². The quantitative estimate of drug-likeness (QED) is 0.613. The number of piperidine rings is 2. The molecular formula is C23H28N4O3S2. The monoisotopic (exact) mass is 472 g/mol. The number of carbonyl (C=O) groups excluding carboxylic acids is 1. The van der Waals surface area contributed by atoms with Crippen molar-refractivity contribution in [1.82, 2.24) is 19.2 Å². The number of para-hydroxylation sites is 2. The molecule has 32 heavy (non-hydrogen) atoms. The van der Waals surface area contributed by atoms with Gasteiger partial charge in [-0.1, -0.05) is 18.6 Å². The van der Waals surface area contributed by atoms with Gasteiger partial charge in [-0.25, -0.2) is 13.4 Å². The van der Waals surface area contributed by atoms with E-state index in [-0.39, 0.29) is 18.2 Å². The Morgan fingerprint density at radius 3 is 2.69 bits per heavy atom. The van der Waals surface area contributed by atoms with E-state index in [1.807, 2.05) is 29.2 Å². The molecule has 3 aromatic rings. The van der Waals surface area contributed by atoms with Crippen molar-refractivity contribution in [2.75, 3.05) is 26.2 Å². The first-order valence-electron chi connectivity index (χ1n) is 11.3. The van der Waals surface area contributed by atoms with E-state index < -0.39 is 10.0 Å². The van der Waals surface area contributed by atoms with E-state index >= 15 is 0 Å². The summed E-state index contributed by atoms with van der Waals surface area (Å²) in [5.74, 6) is 1.18. The molecule has 1 unspecified atom stereocenters. The van der Waals surface area contributed by atoms with Gasteiger partial charge < -0.3 is 9.88 Å². The van der Waals surface area contributed by atoms with Gasteiger partial charge in [0.2, 0.25) is 5.91 Å². The maximum atomic E-state index is 13.0. The number of aromatic amines is 1. The first-order valence-corrected chi connectivity index (χ1v) is 13.6. The third-order valence-corrected chi connectivity index (χ3v) is 9.89. The van der Waals surface area contributed by atoms with Crippen LogP contribution in [0.25, 0.3) is 11.0 Å². The number of nitrogens with one attached hydrogen (secondary N) is 1. The smallest absolute Gasteiger partial charge is 0.252 e. The molecule has 5 rings (SSSR count). The van der Waals surface area contributed by atoms with Gasteiger partial charge in [0, 0.05) is 37.0 Å². The van der Waals surface area contributed by atoms with Gasteiger partial charge >= 0.3 is 0 Å². The molecule has 1 N–H and O–H groups in total. The molecule has 0 radical (unpaired) electrons. The van der Waals surface area contributed by atoms with Crippen molar-refractivity contribution in [3.63, 3.8) is 0 Å². The number of fused-ring (bicyclic) bond motifs is 1. The average molecular weight is 473 g/mol. The fraction of sp³-hybridized carbons (Fsp3) is 0.478. The first kappa shape index (κ1) is 21.6. The van der Waals surface area contributed by atoms with E-state index in [1.54, 1.807) is 16.4 Å². The van der Waals surface area contributed by atoms with Gasteiger partial charge in [0.15, 0.2) is 0 Å². The van der Waals surface area contributed by atoms with E-state index in [9.17, 15) is 13.2 Å². The average Bonchev–Trinajstić information content (AvgIpc) is 3.47. The molecule has 2 aliphatic heterocycles. The number of benzene rings is 1. The zero-order valence-electron chi connectivity index (χ0n) is 18.0. The van der Waals surface area contributed by atoms with Crippen LogP contribution < -0.4 is 0 Å². The molecule has 2 fully saturated rings. The fourth-order valence-corrected chi connectivity index (χ4v) is 7.70. The van der Waals surface area contributed by atoms with Crippen molar-refractivity contribution < 1.29 is 13.2 Å². The van der Waals surface area contributed by atoms with Crippen LogP contribution in [0.15, 0.2) is 40.6 Å². The lowest BCUT2D eigenvalue weighted by molar-refractivity contribution is -0.131. The second-order valence-corrected chi connectivity index (χ2v) is 12.0. The van der Waals surface area contributed by atoms with Crippen molar-refractivity contribution in [1.29, 1.82) is 0 Å². The lowest BCUT2D eigenvalue weighted by atomic mass is 9.97. The molecule has 4 heterocycles. The number of rotatable bonds is 5. The minimum atomic E-state index is -3.44. The van der Waals surface area contributed by atoms with Gasteiger partial charge in [-0.15, -0.1) is 11.3 Å². The summed E-state index contributed by atoms with van der Waals surface area (Å²) in [7, 11) is -3.44. The number of imidazole rings is 1. The Hall–Kier alpha value is -2.23. The summed E-state index contributed by atoms with van der Waals surface area (Å²) in [5, 5.41) is 0. The summed E-state index contributed by atoms with van der Waals surface area (Å²) < 4.78 is 27.7. The third-order valence-electron chi connectivity index (χ3n) is 6.44. The molecule has 1 atom stereocenters. The Morgan fingerprint density at radius 1 is 1.06 bits per heavy atom. The Kier molecular flexibility index (Phi) is 6.05. The number of thiophene rings is 1. The van der Waals surface area contributed by atoms with Crippen molar-refractivity contribution in [2.45, 2.75) is 48.7 Å². The van der Waals surface area contributed by atoms with Crippen molar-refractivity contribution in [3.8, 4) is 0 Å². The predicted octanol–water partition coefficient (Wildman–Crippen LogP) is 3.75. The van der Waals surface area contributed by atoms with Gasteiger partial charge in [-0.3, -0.25) is 4.79 Å². The van der Waals surface area contributed by atoms with Gasteiger partial charge in [-0.2, -0.15) is 4.31 Å². The number of H-pyrrole nitrogens is 1. The number of aromatic nitrogens is 2. The second-order valence-electron chi connectivity index (χ2n) is 8.68. The number of hydrogen-bond donors (Lipinski definition) is 1. The van der Waals surface area contributed by atoms with Crippen LogP contribution in [0.3, 0.4) is 0 Å². The van der Waals surface area contributed by atoms with E-state index in [1.165, 1.54) is 11.3 Å². The minimum Gasteiger partial charge on any atom is -0.342 e. The minimum absolute atomic E-state index is 0.0505. The highest BCUT2D eigenvalue weighted by atomic mass is 32.2. The van der Waals surface area contributed by atoms with Crippen LogP contribution in [0.1, 0.15) is 48.7 Å². The number of likely N-dealkylation sites (tertiary alicyclic amines) is 1. The van der Waals surface area contributed by atoms with Crippen LogP contribution in [0.4, 0.5) is 0 Å². The molecule has 0 saturated carbocycles. The summed E-state index contributed by atoms with van der Waals surface area (Å²) in [6.07, 6.45) is 5.09. The zero-order chi connectivity index (χ0) is 22.1. The van der Waals surface area contributed by atoms with Crippen LogP contribution in [0.2, 0.25) is 0 Å². The van der Waals surface area contributed by atoms with Crippen LogP contribution in [0, 0.1) is 0 Å². The molecule has 1 aromatic carbocycles. The Morgan fingerprint density at radius 2 is 1.88 bits per heavy atom. The molecule has 1 amide bonds. The Labute approximate surface area is 192 Å². The van der Waals surface area contributed by atoms with E-state index in [0.29, 0.717) is 23.8 Å². The predicted molar refractivity (Wildman–Crippen MR) is 125 cm³/mol. The molecule has 9 heteroatoms. The maximum absolute atomic E-state index is 13.0. The molecule has 0 spiro atoms. The summed E-state index contributed by atoms with van der Waals surface area (Å²) in [4.78, 5) is 23.9. The number of carbonyl (C=O) groups is 1. The topological polar surface area (TPSA) is 86.4 Å².